The Hall–Kier alpha value is -6.94. The molecule has 3 heteroatoms. The van der Waals surface area contributed by atoms with Crippen molar-refractivity contribution in [3.05, 3.63) is 194 Å². The Kier molecular flexibility index (Phi) is 7.39. The van der Waals surface area contributed by atoms with Crippen LogP contribution in [0.25, 0.3) is 109 Å². The first-order chi connectivity index (χ1) is 27.2. The van der Waals surface area contributed by atoms with Crippen LogP contribution >= 0.6 is 11.3 Å². The van der Waals surface area contributed by atoms with E-state index in [2.05, 4.69) is 194 Å². The molecular weight excluding hydrogens is 685 g/mol. The van der Waals surface area contributed by atoms with E-state index in [-0.39, 0.29) is 0 Å². The SMILES string of the molecule is c1ccc(-c2ccccc2-c2cc(-c3cccc(-c4ccc5sc6ccccc6c5c4)c3)nc(-c3c4ccccc4cc4c3ccc3ccccc34)n2)cc1. The smallest absolute Gasteiger partial charge is 0.161 e. The molecule has 0 fully saturated rings. The number of aromatic nitrogens is 2. The van der Waals surface area contributed by atoms with Gasteiger partial charge in [-0.3, -0.25) is 0 Å². The van der Waals surface area contributed by atoms with Gasteiger partial charge >= 0.3 is 0 Å². The lowest BCUT2D eigenvalue weighted by atomic mass is 9.92. The molecule has 0 N–H and O–H groups in total. The van der Waals surface area contributed by atoms with Gasteiger partial charge in [-0.05, 0) is 91.0 Å². The molecule has 9 aromatic carbocycles. The van der Waals surface area contributed by atoms with Gasteiger partial charge in [0.05, 0.1) is 11.4 Å². The van der Waals surface area contributed by atoms with Crippen LogP contribution in [-0.2, 0) is 0 Å². The molecule has 0 saturated heterocycles. The summed E-state index contributed by atoms with van der Waals surface area (Å²) in [5, 5.41) is 9.68. The quantitative estimate of drug-likeness (QED) is 0.131. The molecule has 2 aromatic heterocycles. The lowest BCUT2D eigenvalue weighted by Gasteiger charge is -2.16. The first kappa shape index (κ1) is 31.6. The first-order valence-electron chi connectivity index (χ1n) is 18.6. The van der Waals surface area contributed by atoms with Crippen LogP contribution < -0.4 is 0 Å². The fraction of sp³-hybridized carbons (Fsp3) is 0. The van der Waals surface area contributed by atoms with Crippen molar-refractivity contribution in [2.75, 3.05) is 0 Å². The van der Waals surface area contributed by atoms with Crippen molar-refractivity contribution >= 4 is 63.8 Å². The van der Waals surface area contributed by atoms with Crippen molar-refractivity contribution in [2.24, 2.45) is 0 Å². The maximum Gasteiger partial charge on any atom is 0.161 e. The van der Waals surface area contributed by atoms with Crippen LogP contribution in [0, 0.1) is 0 Å². The average Bonchev–Trinajstić information content (AvgIpc) is 3.64. The minimum absolute atomic E-state index is 0.712. The highest BCUT2D eigenvalue weighted by molar-refractivity contribution is 7.25. The highest BCUT2D eigenvalue weighted by Crippen LogP contribution is 2.42. The van der Waals surface area contributed by atoms with Crippen molar-refractivity contribution < 1.29 is 0 Å². The second-order valence-electron chi connectivity index (χ2n) is 14.1. The third-order valence-corrected chi connectivity index (χ3v) is 12.0. The summed E-state index contributed by atoms with van der Waals surface area (Å²) in [4.78, 5) is 11.0. The zero-order valence-corrected chi connectivity index (χ0v) is 30.6. The van der Waals surface area contributed by atoms with Gasteiger partial charge in [0.15, 0.2) is 5.82 Å². The lowest BCUT2D eigenvalue weighted by molar-refractivity contribution is 1.19. The molecule has 0 aliphatic heterocycles. The normalized spacial score (nSPS) is 11.6. The Bertz CT molecular complexity index is 3270. The molecule has 2 nitrogen and oxygen atoms in total. The van der Waals surface area contributed by atoms with E-state index in [1.165, 1.54) is 47.3 Å². The maximum atomic E-state index is 5.49. The largest absolute Gasteiger partial charge is 0.228 e. The van der Waals surface area contributed by atoms with E-state index >= 15 is 0 Å². The van der Waals surface area contributed by atoms with Crippen LogP contribution in [0.4, 0.5) is 0 Å². The first-order valence-corrected chi connectivity index (χ1v) is 19.5. The Labute approximate surface area is 322 Å². The summed E-state index contributed by atoms with van der Waals surface area (Å²) in [6.07, 6.45) is 0. The van der Waals surface area contributed by atoms with Gasteiger partial charge in [0.2, 0.25) is 0 Å². The molecule has 2 heterocycles. The number of benzene rings is 9. The monoisotopic (exact) mass is 716 g/mol. The van der Waals surface area contributed by atoms with Gasteiger partial charge in [-0.1, -0.05) is 158 Å². The topological polar surface area (TPSA) is 25.8 Å². The zero-order valence-electron chi connectivity index (χ0n) is 29.8. The molecule has 0 unspecified atom stereocenters. The number of fused-ring (bicyclic) bond motifs is 7. The molecule has 0 aliphatic rings. The Morgan fingerprint density at radius 2 is 0.964 bits per heavy atom. The number of nitrogens with zero attached hydrogens (tertiary/aromatic N) is 2. The second-order valence-corrected chi connectivity index (χ2v) is 15.2. The summed E-state index contributed by atoms with van der Waals surface area (Å²) in [6, 6.07) is 69.8. The van der Waals surface area contributed by atoms with Crippen molar-refractivity contribution in [1.29, 1.82) is 0 Å². The van der Waals surface area contributed by atoms with Gasteiger partial charge < -0.3 is 0 Å². The van der Waals surface area contributed by atoms with Gasteiger partial charge in [0.1, 0.15) is 0 Å². The summed E-state index contributed by atoms with van der Waals surface area (Å²) in [6.45, 7) is 0. The minimum Gasteiger partial charge on any atom is -0.228 e. The van der Waals surface area contributed by atoms with Crippen LogP contribution in [0.2, 0.25) is 0 Å². The van der Waals surface area contributed by atoms with Crippen LogP contribution in [0.3, 0.4) is 0 Å². The van der Waals surface area contributed by atoms with Crippen molar-refractivity contribution in [2.45, 2.75) is 0 Å². The van der Waals surface area contributed by atoms with E-state index in [1.807, 2.05) is 11.3 Å². The van der Waals surface area contributed by atoms with Gasteiger partial charge in [-0.15, -0.1) is 11.3 Å². The summed E-state index contributed by atoms with van der Waals surface area (Å²) in [5.41, 5.74) is 9.57. The number of hydrogen-bond donors (Lipinski definition) is 0. The predicted octanol–water partition coefficient (Wildman–Crippen LogP) is 14.6. The molecule has 0 spiro atoms. The summed E-state index contributed by atoms with van der Waals surface area (Å²) in [7, 11) is 0. The highest BCUT2D eigenvalue weighted by Gasteiger charge is 2.19. The van der Waals surface area contributed by atoms with Crippen LogP contribution in [0.5, 0.6) is 0 Å². The third kappa shape index (κ3) is 5.40. The molecule has 11 aromatic rings. The van der Waals surface area contributed by atoms with E-state index in [1.54, 1.807) is 0 Å². The van der Waals surface area contributed by atoms with Gasteiger partial charge in [0, 0.05) is 36.9 Å². The van der Waals surface area contributed by atoms with E-state index in [9.17, 15) is 0 Å². The van der Waals surface area contributed by atoms with Gasteiger partial charge in [-0.25, -0.2) is 9.97 Å². The van der Waals surface area contributed by atoms with E-state index in [0.29, 0.717) is 5.82 Å². The molecule has 0 radical (unpaired) electrons. The predicted molar refractivity (Wildman–Crippen MR) is 235 cm³/mol. The molecule has 0 aliphatic carbocycles. The van der Waals surface area contributed by atoms with Gasteiger partial charge in [0.25, 0.3) is 0 Å². The molecular formula is C52H32N2S. The Morgan fingerprint density at radius 3 is 1.85 bits per heavy atom. The van der Waals surface area contributed by atoms with Crippen LogP contribution in [0.1, 0.15) is 0 Å². The van der Waals surface area contributed by atoms with Crippen molar-refractivity contribution in [3.63, 3.8) is 0 Å². The molecule has 0 bridgehead atoms. The van der Waals surface area contributed by atoms with Crippen molar-refractivity contribution in [3.8, 4) is 56.2 Å². The Morgan fingerprint density at radius 1 is 0.309 bits per heavy atom. The van der Waals surface area contributed by atoms with Gasteiger partial charge in [-0.2, -0.15) is 0 Å². The van der Waals surface area contributed by atoms with E-state index in [0.717, 1.165) is 55.5 Å². The minimum atomic E-state index is 0.712. The molecule has 55 heavy (non-hydrogen) atoms. The Balaban J connectivity index is 1.17. The molecule has 256 valence electrons. The number of hydrogen-bond acceptors (Lipinski definition) is 3. The molecule has 0 saturated carbocycles. The third-order valence-electron chi connectivity index (χ3n) is 10.9. The summed E-state index contributed by atoms with van der Waals surface area (Å²) >= 11 is 1.85. The maximum absolute atomic E-state index is 5.49. The fourth-order valence-corrected chi connectivity index (χ4v) is 9.33. The van der Waals surface area contributed by atoms with Crippen molar-refractivity contribution in [1.82, 2.24) is 9.97 Å². The second kappa shape index (κ2) is 12.9. The summed E-state index contributed by atoms with van der Waals surface area (Å²) in [5.74, 6) is 0.712. The van der Waals surface area contributed by atoms with Crippen LogP contribution in [-0.4, -0.2) is 9.97 Å². The zero-order chi connectivity index (χ0) is 36.3. The highest BCUT2D eigenvalue weighted by atomic mass is 32.1. The molecule has 0 atom stereocenters. The summed E-state index contributed by atoms with van der Waals surface area (Å²) < 4.78 is 2.62. The van der Waals surface area contributed by atoms with E-state index in [4.69, 9.17) is 9.97 Å². The molecule has 11 rings (SSSR count). The average molecular weight is 717 g/mol. The van der Waals surface area contributed by atoms with Crippen LogP contribution in [0.15, 0.2) is 194 Å². The standard InChI is InChI=1S/C52H32N2S/c1-2-13-33(14-3-1)39-19-8-9-22-42(39)48-32-47(38-18-12-17-35(29-38)36-26-28-50-46(30-36)43-23-10-11-24-49(43)55-50)53-52(54-48)51-41-21-7-5-16-37(41)31-45-40-20-6-4-15-34(40)25-27-44(45)51/h1-32H. The number of rotatable bonds is 5. The fourth-order valence-electron chi connectivity index (χ4n) is 8.25. The number of thiophene rings is 1. The lowest BCUT2D eigenvalue weighted by Crippen LogP contribution is -1.99. The van der Waals surface area contributed by atoms with E-state index < -0.39 is 0 Å². The molecule has 0 amide bonds.